The molecule has 1 saturated heterocycles. The van der Waals surface area contributed by atoms with Crippen LogP contribution in [0.2, 0.25) is 0 Å². The highest BCUT2D eigenvalue weighted by Crippen LogP contribution is 2.29. The van der Waals surface area contributed by atoms with Crippen molar-refractivity contribution in [2.24, 2.45) is 5.10 Å². The Kier molecular flexibility index (Phi) is 4.68. The average Bonchev–Trinajstić information content (AvgIpc) is 3.11. The highest BCUT2D eigenvalue weighted by atomic mass is 15.5. The van der Waals surface area contributed by atoms with Gasteiger partial charge in [0.15, 0.2) is 0 Å². The minimum Gasteiger partial charge on any atom is -0.368 e. The zero-order valence-corrected chi connectivity index (χ0v) is 16.8. The Labute approximate surface area is 171 Å². The Morgan fingerprint density at radius 2 is 1.52 bits per heavy atom. The number of para-hydroxylation sites is 2. The molecule has 5 rings (SSSR count). The molecule has 4 nitrogen and oxygen atoms in total. The van der Waals surface area contributed by atoms with Crippen LogP contribution in [0.25, 0.3) is 21.8 Å². The lowest BCUT2D eigenvalue weighted by molar-refractivity contribution is 0.272. The molecule has 1 aliphatic rings. The molecule has 0 aliphatic carbocycles. The molecule has 29 heavy (non-hydrogen) atoms. The molecule has 0 unspecified atom stereocenters. The van der Waals surface area contributed by atoms with E-state index in [-0.39, 0.29) is 0 Å². The summed E-state index contributed by atoms with van der Waals surface area (Å²) in [5, 5.41) is 9.57. The maximum Gasteiger partial charge on any atom is 0.0543 e. The van der Waals surface area contributed by atoms with E-state index in [9.17, 15) is 0 Å². The number of hydrogen-bond acceptors (Lipinski definition) is 3. The van der Waals surface area contributed by atoms with Gasteiger partial charge in [0.2, 0.25) is 0 Å². The summed E-state index contributed by atoms with van der Waals surface area (Å²) < 4.78 is 2.38. The van der Waals surface area contributed by atoms with Gasteiger partial charge in [0.1, 0.15) is 0 Å². The smallest absolute Gasteiger partial charge is 0.0543 e. The molecule has 1 fully saturated rings. The lowest BCUT2D eigenvalue weighted by Gasteiger charge is -2.34. The third-order valence-corrected chi connectivity index (χ3v) is 5.86. The first-order chi connectivity index (χ1) is 14.3. The normalized spacial score (nSPS) is 15.1. The monoisotopic (exact) mass is 382 g/mol. The molecule has 0 atom stereocenters. The Morgan fingerprint density at radius 3 is 2.31 bits per heavy atom. The molecule has 0 radical (unpaired) electrons. The maximum absolute atomic E-state index is 4.77. The number of aryl methyl sites for hydroxylation is 1. The van der Waals surface area contributed by atoms with Crippen molar-refractivity contribution in [2.45, 2.75) is 13.5 Å². The fraction of sp³-hybridized carbons (Fsp3) is 0.240. The number of aromatic nitrogens is 1. The fourth-order valence-electron chi connectivity index (χ4n) is 4.35. The molecule has 0 spiro atoms. The number of benzene rings is 3. The van der Waals surface area contributed by atoms with Gasteiger partial charge in [-0.25, -0.2) is 0 Å². The summed E-state index contributed by atoms with van der Waals surface area (Å²) in [6, 6.07) is 26.0. The number of hydrogen-bond donors (Lipinski definition) is 0. The zero-order chi connectivity index (χ0) is 19.6. The van der Waals surface area contributed by atoms with Gasteiger partial charge in [-0.1, -0.05) is 42.5 Å². The van der Waals surface area contributed by atoms with Crippen LogP contribution in [0.3, 0.4) is 0 Å². The Bertz CT molecular complexity index is 1150. The molecular formula is C25H26N4. The third-order valence-electron chi connectivity index (χ3n) is 5.86. The largest absolute Gasteiger partial charge is 0.368 e. The summed E-state index contributed by atoms with van der Waals surface area (Å²) in [4.78, 5) is 2.43. The predicted molar refractivity (Wildman–Crippen MR) is 123 cm³/mol. The van der Waals surface area contributed by atoms with Crippen LogP contribution in [0.15, 0.2) is 77.9 Å². The molecule has 1 aromatic heterocycles. The van der Waals surface area contributed by atoms with Gasteiger partial charge in [-0.15, -0.1) is 0 Å². The Balaban J connectivity index is 1.34. The summed E-state index contributed by atoms with van der Waals surface area (Å²) in [7, 11) is 0. The second kappa shape index (κ2) is 7.63. The summed E-state index contributed by atoms with van der Waals surface area (Å²) in [6.07, 6.45) is 2.01. The fourth-order valence-corrected chi connectivity index (χ4v) is 4.35. The second-order valence-electron chi connectivity index (χ2n) is 7.56. The van der Waals surface area contributed by atoms with Gasteiger partial charge in [-0.3, -0.25) is 5.01 Å². The van der Waals surface area contributed by atoms with Crippen LogP contribution in [0.1, 0.15) is 12.5 Å². The van der Waals surface area contributed by atoms with E-state index in [2.05, 4.69) is 94.2 Å². The van der Waals surface area contributed by atoms with Gasteiger partial charge in [0.05, 0.1) is 19.3 Å². The molecule has 0 amide bonds. The SMILES string of the molecule is CCn1c2ccccc2c2cc(/C=N\N3CCN(c4ccccc4)CC3)ccc21. The highest BCUT2D eigenvalue weighted by molar-refractivity contribution is 6.09. The minimum absolute atomic E-state index is 0.947. The van der Waals surface area contributed by atoms with Crippen molar-refractivity contribution in [1.82, 2.24) is 9.58 Å². The van der Waals surface area contributed by atoms with Crippen LogP contribution in [0.5, 0.6) is 0 Å². The van der Waals surface area contributed by atoms with E-state index >= 15 is 0 Å². The molecule has 4 aromatic rings. The molecule has 4 heteroatoms. The van der Waals surface area contributed by atoms with Gasteiger partial charge < -0.3 is 9.47 Å². The molecule has 146 valence electrons. The lowest BCUT2D eigenvalue weighted by Crippen LogP contribution is -2.44. The van der Waals surface area contributed by atoms with Crippen molar-refractivity contribution in [3.63, 3.8) is 0 Å². The standard InChI is InChI=1S/C25H26N4/c1-2-29-24-11-7-6-10-22(24)23-18-20(12-13-25(23)29)19-26-28-16-14-27(15-17-28)21-8-4-3-5-9-21/h3-13,18-19H,2,14-17H2,1H3/b26-19-. The zero-order valence-electron chi connectivity index (χ0n) is 16.8. The van der Waals surface area contributed by atoms with Gasteiger partial charge in [0.25, 0.3) is 0 Å². The number of hydrazone groups is 1. The van der Waals surface area contributed by atoms with E-state index in [1.54, 1.807) is 0 Å². The topological polar surface area (TPSA) is 23.8 Å². The summed E-state index contributed by atoms with van der Waals surface area (Å²) in [5.41, 5.74) is 5.05. The molecule has 3 aromatic carbocycles. The van der Waals surface area contributed by atoms with E-state index in [1.165, 1.54) is 27.5 Å². The van der Waals surface area contributed by atoms with Crippen molar-refractivity contribution in [1.29, 1.82) is 0 Å². The summed E-state index contributed by atoms with van der Waals surface area (Å²) >= 11 is 0. The highest BCUT2D eigenvalue weighted by Gasteiger charge is 2.15. The number of nitrogens with zero attached hydrogens (tertiary/aromatic N) is 4. The van der Waals surface area contributed by atoms with Crippen molar-refractivity contribution in [3.05, 3.63) is 78.4 Å². The molecular weight excluding hydrogens is 356 g/mol. The van der Waals surface area contributed by atoms with E-state index in [1.807, 2.05) is 6.21 Å². The van der Waals surface area contributed by atoms with Gasteiger partial charge in [-0.05, 0) is 42.8 Å². The second-order valence-corrected chi connectivity index (χ2v) is 7.56. The van der Waals surface area contributed by atoms with Crippen LogP contribution in [0, 0.1) is 0 Å². The van der Waals surface area contributed by atoms with Crippen molar-refractivity contribution in [3.8, 4) is 0 Å². The van der Waals surface area contributed by atoms with Crippen LogP contribution in [-0.2, 0) is 6.54 Å². The minimum atomic E-state index is 0.947. The molecule has 0 saturated carbocycles. The lowest BCUT2D eigenvalue weighted by atomic mass is 10.1. The van der Waals surface area contributed by atoms with E-state index in [4.69, 9.17) is 5.10 Å². The first kappa shape index (κ1) is 17.8. The molecule has 0 bridgehead atoms. The van der Waals surface area contributed by atoms with Crippen molar-refractivity contribution in [2.75, 3.05) is 31.1 Å². The first-order valence-electron chi connectivity index (χ1n) is 10.4. The van der Waals surface area contributed by atoms with Gasteiger partial charge in [-0.2, -0.15) is 5.10 Å². The van der Waals surface area contributed by atoms with Crippen LogP contribution in [0.4, 0.5) is 5.69 Å². The van der Waals surface area contributed by atoms with Crippen LogP contribution >= 0.6 is 0 Å². The number of rotatable bonds is 4. The van der Waals surface area contributed by atoms with Crippen LogP contribution < -0.4 is 4.90 Å². The van der Waals surface area contributed by atoms with Gasteiger partial charge >= 0.3 is 0 Å². The van der Waals surface area contributed by atoms with Gasteiger partial charge in [0, 0.05) is 47.1 Å². The molecule has 0 N–H and O–H groups in total. The van der Waals surface area contributed by atoms with E-state index < -0.39 is 0 Å². The first-order valence-corrected chi connectivity index (χ1v) is 10.4. The van der Waals surface area contributed by atoms with E-state index in [0.717, 1.165) is 38.3 Å². The molecule has 2 heterocycles. The number of anilines is 1. The Hall–Kier alpha value is -3.27. The van der Waals surface area contributed by atoms with Crippen molar-refractivity contribution >= 4 is 33.7 Å². The van der Waals surface area contributed by atoms with E-state index in [0.29, 0.717) is 0 Å². The molecule has 1 aliphatic heterocycles. The quantitative estimate of drug-likeness (QED) is 0.465. The van der Waals surface area contributed by atoms with Crippen LogP contribution in [-0.4, -0.2) is 42.0 Å². The maximum atomic E-state index is 4.77. The number of fused-ring (bicyclic) bond motifs is 3. The average molecular weight is 383 g/mol. The summed E-state index contributed by atoms with van der Waals surface area (Å²) in [5.74, 6) is 0. The third kappa shape index (κ3) is 3.35. The Morgan fingerprint density at radius 1 is 0.793 bits per heavy atom. The van der Waals surface area contributed by atoms with Crippen molar-refractivity contribution < 1.29 is 0 Å². The summed E-state index contributed by atoms with van der Waals surface area (Å²) in [6.45, 7) is 7.08. The predicted octanol–water partition coefficient (Wildman–Crippen LogP) is 4.97. The number of piperazine rings is 1.